The molecule has 1 aliphatic heterocycles. The van der Waals surface area contributed by atoms with Crippen molar-refractivity contribution in [1.82, 2.24) is 15.4 Å². The van der Waals surface area contributed by atoms with Gasteiger partial charge >= 0.3 is 0 Å². The zero-order chi connectivity index (χ0) is 17.6. The smallest absolute Gasteiger partial charge is 0.273 e. The molecule has 1 aromatic carbocycles. The standard InChI is InChI=1S/C18H19ClFN3O2/c1-23-7-6-14(17(23)11-4-5-12(19)13(20)8-11)21-18(24)15-9-16(25-22-15)10-2-3-10/h4-5,8-10,14,17H,2-3,6-7H2,1H3,(H,21,24). The van der Waals surface area contributed by atoms with Crippen LogP contribution in [0.25, 0.3) is 0 Å². The number of rotatable bonds is 4. The molecule has 0 radical (unpaired) electrons. The Hall–Kier alpha value is -1.92. The van der Waals surface area contributed by atoms with E-state index >= 15 is 0 Å². The van der Waals surface area contributed by atoms with E-state index in [-0.39, 0.29) is 23.0 Å². The van der Waals surface area contributed by atoms with Crippen LogP contribution in [0.1, 0.15) is 53.0 Å². The number of nitrogens with zero attached hydrogens (tertiary/aromatic N) is 2. The Bertz CT molecular complexity index is 805. The van der Waals surface area contributed by atoms with E-state index < -0.39 is 5.82 Å². The molecule has 1 saturated heterocycles. The second-order valence-corrected chi connectivity index (χ2v) is 7.26. The topological polar surface area (TPSA) is 58.4 Å². The van der Waals surface area contributed by atoms with Crippen molar-refractivity contribution in [3.8, 4) is 0 Å². The van der Waals surface area contributed by atoms with E-state index in [1.54, 1.807) is 18.2 Å². The van der Waals surface area contributed by atoms with E-state index in [9.17, 15) is 9.18 Å². The predicted octanol–water partition coefficient (Wildman–Crippen LogP) is 3.52. The van der Waals surface area contributed by atoms with Crippen molar-refractivity contribution in [1.29, 1.82) is 0 Å². The molecule has 1 aromatic heterocycles. The Kier molecular flexibility index (Phi) is 4.25. The lowest BCUT2D eigenvalue weighted by atomic mass is 10.00. The number of carbonyl (C=O) groups is 1. The average molecular weight is 364 g/mol. The summed E-state index contributed by atoms with van der Waals surface area (Å²) in [5.41, 5.74) is 1.10. The van der Waals surface area contributed by atoms with Gasteiger partial charge in [-0.25, -0.2) is 4.39 Å². The van der Waals surface area contributed by atoms with E-state index in [0.717, 1.165) is 37.1 Å². The van der Waals surface area contributed by atoms with Crippen LogP contribution in [0.5, 0.6) is 0 Å². The van der Waals surface area contributed by atoms with E-state index in [2.05, 4.69) is 15.4 Å². The molecule has 25 heavy (non-hydrogen) atoms. The largest absolute Gasteiger partial charge is 0.360 e. The molecule has 5 nitrogen and oxygen atoms in total. The first kappa shape index (κ1) is 16.5. The minimum Gasteiger partial charge on any atom is -0.360 e. The second kappa shape index (κ2) is 6.42. The molecule has 132 valence electrons. The van der Waals surface area contributed by atoms with E-state index in [1.807, 2.05) is 7.05 Å². The SMILES string of the molecule is CN1CCC(NC(=O)c2cc(C3CC3)on2)C1c1ccc(Cl)c(F)c1. The molecule has 2 unspecified atom stereocenters. The molecule has 0 spiro atoms. The van der Waals surface area contributed by atoms with Crippen LogP contribution in [0.4, 0.5) is 4.39 Å². The van der Waals surface area contributed by atoms with Gasteiger partial charge < -0.3 is 9.84 Å². The summed E-state index contributed by atoms with van der Waals surface area (Å²) in [6.07, 6.45) is 2.96. The fourth-order valence-electron chi connectivity index (χ4n) is 3.48. The molecule has 1 saturated carbocycles. The number of hydrogen-bond donors (Lipinski definition) is 1. The lowest BCUT2D eigenvalue weighted by Gasteiger charge is -2.26. The van der Waals surface area contributed by atoms with Gasteiger partial charge in [0.2, 0.25) is 0 Å². The number of aromatic nitrogens is 1. The highest BCUT2D eigenvalue weighted by molar-refractivity contribution is 6.30. The van der Waals surface area contributed by atoms with Gasteiger partial charge in [0.05, 0.1) is 17.1 Å². The van der Waals surface area contributed by atoms with Gasteiger partial charge in [-0.1, -0.05) is 22.8 Å². The third-order valence-electron chi connectivity index (χ3n) is 4.99. The van der Waals surface area contributed by atoms with Crippen molar-refractivity contribution in [2.45, 2.75) is 37.3 Å². The Balaban J connectivity index is 1.51. The van der Waals surface area contributed by atoms with E-state index in [4.69, 9.17) is 16.1 Å². The van der Waals surface area contributed by atoms with Crippen LogP contribution in [0.3, 0.4) is 0 Å². The molecular weight excluding hydrogens is 345 g/mol. The van der Waals surface area contributed by atoms with E-state index in [1.165, 1.54) is 6.07 Å². The average Bonchev–Trinajstić information content (AvgIpc) is 3.20. The molecule has 2 atom stereocenters. The molecule has 1 aliphatic carbocycles. The number of hydrogen-bond acceptors (Lipinski definition) is 4. The van der Waals surface area contributed by atoms with Crippen LogP contribution < -0.4 is 5.32 Å². The number of amides is 1. The number of likely N-dealkylation sites (N-methyl/N-ethyl adjacent to an activating group) is 1. The summed E-state index contributed by atoms with van der Waals surface area (Å²) in [6, 6.07) is 6.29. The van der Waals surface area contributed by atoms with Crippen molar-refractivity contribution in [2.75, 3.05) is 13.6 Å². The van der Waals surface area contributed by atoms with Gasteiger partial charge in [0.15, 0.2) is 5.69 Å². The highest BCUT2D eigenvalue weighted by atomic mass is 35.5. The van der Waals surface area contributed by atoms with Crippen LogP contribution in [-0.4, -0.2) is 35.6 Å². The molecule has 2 aromatic rings. The van der Waals surface area contributed by atoms with Gasteiger partial charge in [-0.3, -0.25) is 9.69 Å². The molecule has 0 bridgehead atoms. The zero-order valence-corrected chi connectivity index (χ0v) is 14.6. The van der Waals surface area contributed by atoms with Crippen molar-refractivity contribution in [2.24, 2.45) is 0 Å². The number of benzene rings is 1. The molecule has 4 rings (SSSR count). The van der Waals surface area contributed by atoms with Gasteiger partial charge in [-0.15, -0.1) is 0 Å². The lowest BCUT2D eigenvalue weighted by molar-refractivity contribution is 0.0918. The summed E-state index contributed by atoms with van der Waals surface area (Å²) in [6.45, 7) is 0.812. The molecule has 2 heterocycles. The minimum atomic E-state index is -0.449. The van der Waals surface area contributed by atoms with E-state index in [0.29, 0.717) is 11.6 Å². The monoisotopic (exact) mass is 363 g/mol. The summed E-state index contributed by atoms with van der Waals surface area (Å²) in [5.74, 6) is 0.493. The summed E-state index contributed by atoms with van der Waals surface area (Å²) in [7, 11) is 1.96. The minimum absolute atomic E-state index is 0.0974. The fraction of sp³-hybridized carbons (Fsp3) is 0.444. The summed E-state index contributed by atoms with van der Waals surface area (Å²) < 4.78 is 19.1. The maximum absolute atomic E-state index is 13.8. The van der Waals surface area contributed by atoms with Crippen LogP contribution >= 0.6 is 11.6 Å². The third-order valence-corrected chi connectivity index (χ3v) is 5.30. The normalized spacial score (nSPS) is 23.8. The van der Waals surface area contributed by atoms with Crippen LogP contribution in [0.2, 0.25) is 5.02 Å². The molecule has 1 amide bonds. The summed E-state index contributed by atoms with van der Waals surface area (Å²) in [5, 5.41) is 7.00. The maximum Gasteiger partial charge on any atom is 0.273 e. The molecule has 2 fully saturated rings. The highest BCUT2D eigenvalue weighted by Crippen LogP contribution is 2.40. The number of halogens is 2. The van der Waals surface area contributed by atoms with Gasteiger partial charge in [-0.05, 0) is 44.0 Å². The first-order chi connectivity index (χ1) is 12.0. The lowest BCUT2D eigenvalue weighted by Crippen LogP contribution is -2.39. The summed E-state index contributed by atoms with van der Waals surface area (Å²) in [4.78, 5) is 14.6. The molecular formula is C18H19ClFN3O2. The third kappa shape index (κ3) is 3.28. The van der Waals surface area contributed by atoms with Crippen molar-refractivity contribution < 1.29 is 13.7 Å². The van der Waals surface area contributed by atoms with Gasteiger partial charge in [0.25, 0.3) is 5.91 Å². The number of likely N-dealkylation sites (tertiary alicyclic amines) is 1. The molecule has 7 heteroatoms. The van der Waals surface area contributed by atoms with Crippen molar-refractivity contribution in [3.05, 3.63) is 52.1 Å². The van der Waals surface area contributed by atoms with Gasteiger partial charge in [0.1, 0.15) is 11.6 Å². The Morgan fingerprint density at radius 2 is 2.16 bits per heavy atom. The first-order valence-electron chi connectivity index (χ1n) is 8.45. The second-order valence-electron chi connectivity index (χ2n) is 6.86. The molecule has 2 aliphatic rings. The zero-order valence-electron chi connectivity index (χ0n) is 13.8. The van der Waals surface area contributed by atoms with Gasteiger partial charge in [0, 0.05) is 18.5 Å². The van der Waals surface area contributed by atoms with Crippen LogP contribution in [-0.2, 0) is 0 Å². The van der Waals surface area contributed by atoms with Gasteiger partial charge in [-0.2, -0.15) is 0 Å². The molecule has 1 N–H and O–H groups in total. The van der Waals surface area contributed by atoms with Crippen molar-refractivity contribution >= 4 is 17.5 Å². The van der Waals surface area contributed by atoms with Crippen LogP contribution in [0, 0.1) is 5.82 Å². The highest BCUT2D eigenvalue weighted by Gasteiger charge is 2.35. The number of carbonyl (C=O) groups excluding carboxylic acids is 1. The Labute approximate surface area is 150 Å². The first-order valence-corrected chi connectivity index (χ1v) is 8.83. The fourth-order valence-corrected chi connectivity index (χ4v) is 3.60. The quantitative estimate of drug-likeness (QED) is 0.903. The van der Waals surface area contributed by atoms with Crippen LogP contribution in [0.15, 0.2) is 28.8 Å². The Morgan fingerprint density at radius 3 is 2.88 bits per heavy atom. The predicted molar refractivity (Wildman–Crippen MR) is 91.1 cm³/mol. The van der Waals surface area contributed by atoms with Crippen molar-refractivity contribution in [3.63, 3.8) is 0 Å². The number of nitrogens with one attached hydrogen (secondary N) is 1. The summed E-state index contributed by atoms with van der Waals surface area (Å²) >= 11 is 5.78. The Morgan fingerprint density at radius 1 is 1.36 bits per heavy atom. The maximum atomic E-state index is 13.8.